The lowest BCUT2D eigenvalue weighted by molar-refractivity contribution is 0.122. The molecule has 0 bridgehead atoms. The molecule has 2 heterocycles. The summed E-state index contributed by atoms with van der Waals surface area (Å²) in [4.78, 5) is 1.67. The van der Waals surface area contributed by atoms with Crippen LogP contribution in [0.3, 0.4) is 0 Å². The number of morpholine rings is 1. The van der Waals surface area contributed by atoms with Crippen molar-refractivity contribution in [2.45, 2.75) is 4.99 Å². The predicted octanol–water partition coefficient (Wildman–Crippen LogP) is 0.686. The van der Waals surface area contributed by atoms with Crippen LogP contribution in [0.1, 0.15) is 5.56 Å². The third kappa shape index (κ3) is 2.51. The third-order valence-corrected chi connectivity index (χ3v) is 4.46. The Kier molecular flexibility index (Phi) is 3.30. The molecule has 1 atom stereocenters. The van der Waals surface area contributed by atoms with Crippen molar-refractivity contribution in [3.05, 3.63) is 41.1 Å². The van der Waals surface area contributed by atoms with Gasteiger partial charge in [0.2, 0.25) is 0 Å². The number of rotatable bonds is 2. The van der Waals surface area contributed by atoms with Gasteiger partial charge in [0, 0.05) is 29.7 Å². The molecule has 0 radical (unpaired) electrons. The molecule has 0 aliphatic carbocycles. The van der Waals surface area contributed by atoms with E-state index in [2.05, 4.69) is 34.5 Å². The van der Waals surface area contributed by atoms with Crippen LogP contribution in [-0.4, -0.2) is 26.3 Å². The van der Waals surface area contributed by atoms with Gasteiger partial charge < -0.3 is 20.7 Å². The average Bonchev–Trinajstić information content (AvgIpc) is 2.81. The lowest BCUT2D eigenvalue weighted by Gasteiger charge is -2.30. The van der Waals surface area contributed by atoms with Crippen LogP contribution >= 0.6 is 11.8 Å². The molecular formula is C13H18N4OS. The summed E-state index contributed by atoms with van der Waals surface area (Å²) in [6, 6.07) is 8.31. The first-order valence-electron chi connectivity index (χ1n) is 6.31. The molecule has 1 aromatic rings. The Morgan fingerprint density at radius 3 is 2.47 bits per heavy atom. The lowest BCUT2D eigenvalue weighted by atomic mass is 10.1. The predicted molar refractivity (Wildman–Crippen MR) is 78.3 cm³/mol. The first-order chi connectivity index (χ1) is 9.17. The van der Waals surface area contributed by atoms with E-state index >= 15 is 0 Å². The Morgan fingerprint density at radius 2 is 1.89 bits per heavy atom. The molecule has 0 saturated carbocycles. The number of hydrogen-bond donors (Lipinski definition) is 3. The van der Waals surface area contributed by atoms with Crippen LogP contribution < -0.4 is 21.7 Å². The van der Waals surface area contributed by atoms with Crippen molar-refractivity contribution in [2.24, 2.45) is 11.5 Å². The Labute approximate surface area is 117 Å². The van der Waals surface area contributed by atoms with Crippen LogP contribution in [0.25, 0.3) is 0 Å². The molecule has 5 N–H and O–H groups in total. The zero-order valence-electron chi connectivity index (χ0n) is 10.6. The van der Waals surface area contributed by atoms with Crippen molar-refractivity contribution in [2.75, 3.05) is 31.2 Å². The number of nitrogens with two attached hydrogens (primary N) is 2. The SMILES string of the molecule is NC1=CSC(N)(c2ccc(N3CCOCC3)cc2)N1. The maximum atomic E-state index is 6.29. The van der Waals surface area contributed by atoms with E-state index in [-0.39, 0.29) is 0 Å². The second-order valence-electron chi connectivity index (χ2n) is 4.70. The molecule has 1 unspecified atom stereocenters. The van der Waals surface area contributed by atoms with E-state index in [4.69, 9.17) is 16.2 Å². The van der Waals surface area contributed by atoms with Gasteiger partial charge in [0.1, 0.15) is 5.82 Å². The summed E-state index contributed by atoms with van der Waals surface area (Å²) in [6.45, 7) is 3.46. The van der Waals surface area contributed by atoms with E-state index in [1.807, 2.05) is 5.41 Å². The Bertz CT molecular complexity index is 484. The van der Waals surface area contributed by atoms with Crippen LogP contribution in [0.5, 0.6) is 0 Å². The van der Waals surface area contributed by atoms with Gasteiger partial charge in [-0.3, -0.25) is 5.73 Å². The smallest absolute Gasteiger partial charge is 0.166 e. The zero-order chi connectivity index (χ0) is 13.3. The highest BCUT2D eigenvalue weighted by molar-refractivity contribution is 8.03. The molecule has 3 rings (SSSR count). The minimum Gasteiger partial charge on any atom is -0.385 e. The maximum Gasteiger partial charge on any atom is 0.166 e. The van der Waals surface area contributed by atoms with Crippen LogP contribution in [0.15, 0.2) is 35.5 Å². The second kappa shape index (κ2) is 4.96. The van der Waals surface area contributed by atoms with Gasteiger partial charge in [-0.2, -0.15) is 0 Å². The van der Waals surface area contributed by atoms with E-state index in [1.165, 1.54) is 17.4 Å². The van der Waals surface area contributed by atoms with Crippen LogP contribution in [0, 0.1) is 0 Å². The summed E-state index contributed by atoms with van der Waals surface area (Å²) in [5.41, 5.74) is 14.2. The first-order valence-corrected chi connectivity index (χ1v) is 7.19. The molecule has 1 fully saturated rings. The molecule has 1 aromatic carbocycles. The van der Waals surface area contributed by atoms with E-state index in [0.717, 1.165) is 31.9 Å². The summed E-state index contributed by atoms with van der Waals surface area (Å²) in [7, 11) is 0. The number of benzene rings is 1. The minimum absolute atomic E-state index is 0.616. The van der Waals surface area contributed by atoms with E-state index < -0.39 is 4.99 Å². The topological polar surface area (TPSA) is 76.5 Å². The van der Waals surface area contributed by atoms with Gasteiger partial charge >= 0.3 is 0 Å². The summed E-state index contributed by atoms with van der Waals surface area (Å²) in [5.74, 6) is 0.616. The molecule has 2 aliphatic heterocycles. The van der Waals surface area contributed by atoms with Gasteiger partial charge in [0.15, 0.2) is 4.99 Å². The summed E-state index contributed by atoms with van der Waals surface area (Å²) in [5, 5.41) is 4.93. The second-order valence-corrected chi connectivity index (χ2v) is 5.81. The van der Waals surface area contributed by atoms with E-state index in [1.54, 1.807) is 0 Å². The number of hydrogen-bond acceptors (Lipinski definition) is 6. The van der Waals surface area contributed by atoms with Gasteiger partial charge in [0.25, 0.3) is 0 Å². The van der Waals surface area contributed by atoms with Crippen LogP contribution in [0.4, 0.5) is 5.69 Å². The molecule has 0 aromatic heterocycles. The van der Waals surface area contributed by atoms with E-state index in [9.17, 15) is 0 Å². The summed E-state index contributed by atoms with van der Waals surface area (Å²) in [6.07, 6.45) is 0. The summed E-state index contributed by atoms with van der Waals surface area (Å²) >= 11 is 1.49. The largest absolute Gasteiger partial charge is 0.385 e. The van der Waals surface area contributed by atoms with Gasteiger partial charge in [-0.05, 0) is 12.1 Å². The average molecular weight is 278 g/mol. The standard InChI is InChI=1S/C13H18N4OS/c14-12-9-19-13(15,16-12)10-1-3-11(4-2-10)17-5-7-18-8-6-17/h1-4,9,16H,5-8,14-15H2. The number of thioether (sulfide) groups is 1. The van der Waals surface area contributed by atoms with Gasteiger partial charge in [-0.25, -0.2) is 0 Å². The maximum absolute atomic E-state index is 6.29. The fraction of sp³-hybridized carbons (Fsp3) is 0.385. The van der Waals surface area contributed by atoms with Gasteiger partial charge in [0.05, 0.1) is 13.2 Å². The van der Waals surface area contributed by atoms with Gasteiger partial charge in [-0.1, -0.05) is 23.9 Å². The van der Waals surface area contributed by atoms with Crippen molar-refractivity contribution in [3.8, 4) is 0 Å². The number of nitrogens with zero attached hydrogens (tertiary/aromatic N) is 1. The Hall–Kier alpha value is -1.37. The van der Waals surface area contributed by atoms with Crippen LogP contribution in [0.2, 0.25) is 0 Å². The highest BCUT2D eigenvalue weighted by Crippen LogP contribution is 2.35. The van der Waals surface area contributed by atoms with E-state index in [0.29, 0.717) is 5.82 Å². The monoisotopic (exact) mass is 278 g/mol. The molecule has 19 heavy (non-hydrogen) atoms. The first kappa shape index (κ1) is 12.7. The van der Waals surface area contributed by atoms with Crippen molar-refractivity contribution < 1.29 is 4.74 Å². The molecule has 102 valence electrons. The number of ether oxygens (including phenoxy) is 1. The Balaban J connectivity index is 1.75. The highest BCUT2D eigenvalue weighted by Gasteiger charge is 2.31. The minimum atomic E-state index is -0.645. The zero-order valence-corrected chi connectivity index (χ0v) is 11.5. The lowest BCUT2D eigenvalue weighted by Crippen LogP contribution is -2.45. The van der Waals surface area contributed by atoms with Crippen molar-refractivity contribution in [1.82, 2.24) is 5.32 Å². The molecule has 2 aliphatic rings. The number of nitrogens with one attached hydrogen (secondary N) is 1. The van der Waals surface area contributed by atoms with Gasteiger partial charge in [-0.15, -0.1) is 0 Å². The molecule has 1 saturated heterocycles. The van der Waals surface area contributed by atoms with Crippen LogP contribution in [-0.2, 0) is 9.73 Å². The Morgan fingerprint density at radius 1 is 1.21 bits per heavy atom. The normalized spacial score (nSPS) is 27.0. The molecule has 6 heteroatoms. The fourth-order valence-electron chi connectivity index (χ4n) is 2.31. The van der Waals surface area contributed by atoms with Crippen molar-refractivity contribution >= 4 is 17.4 Å². The van der Waals surface area contributed by atoms with Crippen molar-refractivity contribution in [1.29, 1.82) is 0 Å². The molecular weight excluding hydrogens is 260 g/mol. The fourth-order valence-corrected chi connectivity index (χ4v) is 3.13. The highest BCUT2D eigenvalue weighted by atomic mass is 32.2. The van der Waals surface area contributed by atoms with Crippen molar-refractivity contribution in [3.63, 3.8) is 0 Å². The molecule has 0 spiro atoms. The summed E-state index contributed by atoms with van der Waals surface area (Å²) < 4.78 is 5.36. The third-order valence-electron chi connectivity index (χ3n) is 3.37. The number of anilines is 1. The molecule has 5 nitrogen and oxygen atoms in total. The quantitative estimate of drug-likeness (QED) is 0.739. The molecule has 0 amide bonds.